The van der Waals surface area contributed by atoms with E-state index in [9.17, 15) is 0 Å². The van der Waals surface area contributed by atoms with Gasteiger partial charge in [0.15, 0.2) is 4.80 Å². The average molecular weight is 454 g/mol. The second kappa shape index (κ2) is 11.9. The Labute approximate surface area is 196 Å². The van der Waals surface area contributed by atoms with E-state index in [-0.39, 0.29) is 0 Å². The van der Waals surface area contributed by atoms with Crippen molar-refractivity contribution in [1.82, 2.24) is 9.47 Å². The summed E-state index contributed by atoms with van der Waals surface area (Å²) in [5.74, 6) is 2.28. The van der Waals surface area contributed by atoms with Gasteiger partial charge < -0.3 is 14.4 Å². The van der Waals surface area contributed by atoms with E-state index in [1.165, 1.54) is 0 Å². The molecule has 0 unspecified atom stereocenters. The van der Waals surface area contributed by atoms with Crippen LogP contribution < -0.4 is 14.3 Å². The third-order valence-corrected chi connectivity index (χ3v) is 6.13. The van der Waals surface area contributed by atoms with Crippen LogP contribution in [0.25, 0.3) is 5.69 Å². The number of hydrogen-bond donors (Lipinski definition) is 0. The molecule has 2 aromatic carbocycles. The Bertz CT molecular complexity index is 1020. The van der Waals surface area contributed by atoms with Gasteiger partial charge in [-0.15, -0.1) is 11.3 Å². The summed E-state index contributed by atoms with van der Waals surface area (Å²) in [6, 6.07) is 16.2. The summed E-state index contributed by atoms with van der Waals surface area (Å²) in [4.78, 5) is 8.17. The summed E-state index contributed by atoms with van der Waals surface area (Å²) in [5.41, 5.74) is 3.14. The molecular weight excluding hydrogens is 418 g/mol. The van der Waals surface area contributed by atoms with Gasteiger partial charge in [0.05, 0.1) is 12.3 Å². The summed E-state index contributed by atoms with van der Waals surface area (Å²) in [6.07, 6.45) is 0. The van der Waals surface area contributed by atoms with E-state index in [0.717, 1.165) is 59.6 Å². The third kappa shape index (κ3) is 6.71. The molecule has 1 heterocycles. The molecule has 172 valence electrons. The fourth-order valence-corrected chi connectivity index (χ4v) is 4.19. The average Bonchev–Trinajstić information content (AvgIpc) is 3.16. The summed E-state index contributed by atoms with van der Waals surface area (Å²) in [5, 5.41) is 2.13. The van der Waals surface area contributed by atoms with Crippen molar-refractivity contribution in [2.24, 2.45) is 10.9 Å². The predicted octanol–water partition coefficient (Wildman–Crippen LogP) is 5.84. The summed E-state index contributed by atoms with van der Waals surface area (Å²) < 4.78 is 13.9. The van der Waals surface area contributed by atoms with Crippen molar-refractivity contribution in [3.63, 3.8) is 0 Å². The van der Waals surface area contributed by atoms with E-state index < -0.39 is 0 Å². The molecule has 5 nitrogen and oxygen atoms in total. The van der Waals surface area contributed by atoms with Crippen LogP contribution >= 0.6 is 11.3 Å². The molecule has 0 amide bonds. The maximum absolute atomic E-state index is 5.93. The normalized spacial score (nSPS) is 12.0. The lowest BCUT2D eigenvalue weighted by Crippen LogP contribution is -2.27. The highest BCUT2D eigenvalue weighted by molar-refractivity contribution is 7.07. The minimum atomic E-state index is 0.506. The molecule has 0 atom stereocenters. The molecule has 6 heteroatoms. The first kappa shape index (κ1) is 24.1. The lowest BCUT2D eigenvalue weighted by atomic mass is 10.2. The van der Waals surface area contributed by atoms with Gasteiger partial charge in [0.1, 0.15) is 18.1 Å². The van der Waals surface area contributed by atoms with Gasteiger partial charge in [-0.2, -0.15) is 0 Å². The molecule has 3 aromatic rings. The molecule has 0 aliphatic carbocycles. The zero-order chi connectivity index (χ0) is 22.9. The SMILES string of the molecule is CCN(CC)CCOc1ccc(-n2c(C)csc2=Nc2ccc(OCC(C)C)cc2)cc1. The molecule has 0 aliphatic heterocycles. The minimum Gasteiger partial charge on any atom is -0.493 e. The third-order valence-electron chi connectivity index (χ3n) is 5.19. The number of thiazole rings is 1. The Morgan fingerprint density at radius 1 is 0.938 bits per heavy atom. The first-order valence-corrected chi connectivity index (χ1v) is 12.3. The van der Waals surface area contributed by atoms with Gasteiger partial charge in [-0.05, 0) is 74.5 Å². The quantitative estimate of drug-likeness (QED) is 0.366. The van der Waals surface area contributed by atoms with Gasteiger partial charge in [0, 0.05) is 23.3 Å². The molecular formula is C26H35N3O2S. The number of aromatic nitrogens is 1. The second-order valence-electron chi connectivity index (χ2n) is 8.17. The van der Waals surface area contributed by atoms with Gasteiger partial charge in [0.25, 0.3) is 0 Å². The van der Waals surface area contributed by atoms with Crippen LogP contribution in [0, 0.1) is 12.8 Å². The number of likely N-dealkylation sites (N-methyl/N-ethyl adjacent to an activating group) is 1. The van der Waals surface area contributed by atoms with Gasteiger partial charge in [-0.1, -0.05) is 27.7 Å². The van der Waals surface area contributed by atoms with Gasteiger partial charge in [0.2, 0.25) is 0 Å². The lowest BCUT2D eigenvalue weighted by Gasteiger charge is -2.18. The maximum atomic E-state index is 5.93. The highest BCUT2D eigenvalue weighted by Crippen LogP contribution is 2.20. The van der Waals surface area contributed by atoms with E-state index in [1.807, 2.05) is 36.4 Å². The molecule has 0 fully saturated rings. The molecule has 0 aliphatic rings. The smallest absolute Gasteiger partial charge is 0.194 e. The zero-order valence-electron chi connectivity index (χ0n) is 19.9. The van der Waals surface area contributed by atoms with Crippen LogP contribution in [-0.4, -0.2) is 42.3 Å². The van der Waals surface area contributed by atoms with Crippen molar-refractivity contribution in [2.75, 3.05) is 32.8 Å². The van der Waals surface area contributed by atoms with Crippen LogP contribution in [0.3, 0.4) is 0 Å². The van der Waals surface area contributed by atoms with E-state index >= 15 is 0 Å². The topological polar surface area (TPSA) is 39.0 Å². The number of benzene rings is 2. The first-order valence-electron chi connectivity index (χ1n) is 11.4. The molecule has 0 saturated carbocycles. The van der Waals surface area contributed by atoms with Crippen molar-refractivity contribution >= 4 is 17.0 Å². The molecule has 3 rings (SSSR count). The first-order chi connectivity index (χ1) is 15.5. The highest BCUT2D eigenvalue weighted by atomic mass is 32.1. The molecule has 0 saturated heterocycles. The lowest BCUT2D eigenvalue weighted by molar-refractivity contribution is 0.223. The van der Waals surface area contributed by atoms with Crippen molar-refractivity contribution in [2.45, 2.75) is 34.6 Å². The number of ether oxygens (including phenoxy) is 2. The molecule has 1 aromatic heterocycles. The van der Waals surface area contributed by atoms with E-state index in [0.29, 0.717) is 12.5 Å². The molecule has 0 N–H and O–H groups in total. The van der Waals surface area contributed by atoms with Crippen LogP contribution in [0.4, 0.5) is 5.69 Å². The Balaban J connectivity index is 1.72. The summed E-state index contributed by atoms with van der Waals surface area (Å²) >= 11 is 1.64. The van der Waals surface area contributed by atoms with Crippen molar-refractivity contribution in [1.29, 1.82) is 0 Å². The predicted molar refractivity (Wildman–Crippen MR) is 134 cm³/mol. The monoisotopic (exact) mass is 453 g/mol. The van der Waals surface area contributed by atoms with E-state index in [1.54, 1.807) is 11.3 Å². The molecule has 0 bridgehead atoms. The van der Waals surface area contributed by atoms with Crippen LogP contribution in [0.5, 0.6) is 11.5 Å². The van der Waals surface area contributed by atoms with Crippen molar-refractivity contribution in [3.8, 4) is 17.2 Å². The molecule has 0 radical (unpaired) electrons. The van der Waals surface area contributed by atoms with Gasteiger partial charge in [-0.25, -0.2) is 4.99 Å². The Kier molecular flexibility index (Phi) is 8.94. The molecule has 0 spiro atoms. The zero-order valence-corrected chi connectivity index (χ0v) is 20.7. The van der Waals surface area contributed by atoms with Gasteiger partial charge >= 0.3 is 0 Å². The van der Waals surface area contributed by atoms with Crippen molar-refractivity contribution < 1.29 is 9.47 Å². The van der Waals surface area contributed by atoms with E-state index in [2.05, 4.69) is 61.6 Å². The Hall–Kier alpha value is -2.57. The van der Waals surface area contributed by atoms with Crippen LogP contribution in [0.1, 0.15) is 33.4 Å². The minimum absolute atomic E-state index is 0.506. The number of rotatable bonds is 11. The highest BCUT2D eigenvalue weighted by Gasteiger charge is 2.06. The summed E-state index contributed by atoms with van der Waals surface area (Å²) in [7, 11) is 0. The largest absolute Gasteiger partial charge is 0.493 e. The fourth-order valence-electron chi connectivity index (χ4n) is 3.30. The number of hydrogen-bond acceptors (Lipinski definition) is 5. The van der Waals surface area contributed by atoms with E-state index in [4.69, 9.17) is 14.5 Å². The fraction of sp³-hybridized carbons (Fsp3) is 0.423. The molecule has 32 heavy (non-hydrogen) atoms. The Morgan fingerprint density at radius 2 is 1.56 bits per heavy atom. The Morgan fingerprint density at radius 3 is 2.19 bits per heavy atom. The van der Waals surface area contributed by atoms with Crippen LogP contribution in [-0.2, 0) is 0 Å². The van der Waals surface area contributed by atoms with Crippen LogP contribution in [0.2, 0.25) is 0 Å². The summed E-state index contributed by atoms with van der Waals surface area (Å²) in [6.45, 7) is 15.2. The second-order valence-corrected chi connectivity index (χ2v) is 9.01. The number of nitrogens with zero attached hydrogens (tertiary/aromatic N) is 3. The van der Waals surface area contributed by atoms with Gasteiger partial charge in [-0.3, -0.25) is 4.57 Å². The maximum Gasteiger partial charge on any atom is 0.194 e. The number of aryl methyl sites for hydroxylation is 1. The van der Waals surface area contributed by atoms with Crippen molar-refractivity contribution in [3.05, 3.63) is 64.4 Å². The standard InChI is InChI=1S/C26H35N3O2S/c1-6-28(7-2)16-17-30-24-14-10-23(11-15-24)29-21(5)19-32-26(29)27-22-8-12-25(13-9-22)31-18-20(3)4/h8-15,19-20H,6-7,16-18H2,1-5H3. The van der Waals surface area contributed by atoms with Crippen LogP contribution in [0.15, 0.2) is 58.9 Å².